The fourth-order valence-corrected chi connectivity index (χ4v) is 3.61. The van der Waals surface area contributed by atoms with Gasteiger partial charge in [0.05, 0.1) is 16.1 Å². The number of aromatic nitrogens is 1. The van der Waals surface area contributed by atoms with Gasteiger partial charge in [-0.1, -0.05) is 30.3 Å². The molecule has 31 heavy (non-hydrogen) atoms. The molecular weight excluding hydrogens is 398 g/mol. The summed E-state index contributed by atoms with van der Waals surface area (Å²) >= 11 is 0. The molecule has 2 aromatic carbocycles. The van der Waals surface area contributed by atoms with Crippen LogP contribution in [0, 0.1) is 17.0 Å². The summed E-state index contributed by atoms with van der Waals surface area (Å²) in [7, 11) is 1.63. The van der Waals surface area contributed by atoms with Crippen LogP contribution < -0.4 is 5.56 Å². The first-order valence-corrected chi connectivity index (χ1v) is 9.56. The zero-order chi connectivity index (χ0) is 22.1. The summed E-state index contributed by atoms with van der Waals surface area (Å²) in [4.78, 5) is 40.2. The number of nitro groups is 1. The number of nitro benzene ring substituents is 1. The third-order valence-corrected chi connectivity index (χ3v) is 5.10. The normalized spacial score (nSPS) is 10.9. The van der Waals surface area contributed by atoms with E-state index in [1.807, 2.05) is 18.2 Å². The molecule has 0 saturated carbocycles. The van der Waals surface area contributed by atoms with E-state index >= 15 is 0 Å². The number of H-pyrrole nitrogens is 1. The Labute approximate surface area is 176 Å². The lowest BCUT2D eigenvalue weighted by molar-refractivity contribution is -0.384. The van der Waals surface area contributed by atoms with Crippen molar-refractivity contribution in [2.45, 2.75) is 13.5 Å². The number of aryl methyl sites for hydroxylation is 1. The van der Waals surface area contributed by atoms with Crippen LogP contribution in [0.15, 0.2) is 69.9 Å². The fraction of sp³-hybridized carbons (Fsp3) is 0.130. The summed E-state index contributed by atoms with van der Waals surface area (Å²) in [6.07, 6.45) is 0. The van der Waals surface area contributed by atoms with Crippen LogP contribution in [-0.2, 0) is 6.54 Å². The molecule has 4 aromatic rings. The summed E-state index contributed by atoms with van der Waals surface area (Å²) in [5, 5.41) is 12.2. The molecule has 0 aliphatic carbocycles. The van der Waals surface area contributed by atoms with E-state index in [1.165, 1.54) is 23.1 Å². The molecule has 0 aliphatic rings. The summed E-state index contributed by atoms with van der Waals surface area (Å²) in [6, 6.07) is 16.6. The molecule has 0 fully saturated rings. The maximum Gasteiger partial charge on any atom is 0.280 e. The highest BCUT2D eigenvalue weighted by molar-refractivity contribution is 5.96. The number of furan rings is 1. The fourth-order valence-electron chi connectivity index (χ4n) is 3.61. The highest BCUT2D eigenvalue weighted by Gasteiger charge is 2.23. The second-order valence-corrected chi connectivity index (χ2v) is 7.22. The maximum atomic E-state index is 13.1. The van der Waals surface area contributed by atoms with Gasteiger partial charge >= 0.3 is 0 Å². The van der Waals surface area contributed by atoms with Gasteiger partial charge in [0.1, 0.15) is 11.5 Å². The SMILES string of the molecule is Cc1oc(-c2ccccc2[N+](=O)[O-])cc1C(=O)N(C)Cc1cc(=O)[nH]c2ccccc12. The third kappa shape index (κ3) is 3.83. The smallest absolute Gasteiger partial charge is 0.280 e. The summed E-state index contributed by atoms with van der Waals surface area (Å²) in [6.45, 7) is 1.86. The number of benzene rings is 2. The number of pyridine rings is 1. The number of hydrogen-bond donors (Lipinski definition) is 1. The van der Waals surface area contributed by atoms with Crippen molar-refractivity contribution in [3.8, 4) is 11.3 Å². The molecule has 0 bridgehead atoms. The van der Waals surface area contributed by atoms with E-state index in [-0.39, 0.29) is 29.5 Å². The Balaban J connectivity index is 1.66. The number of amides is 1. The van der Waals surface area contributed by atoms with Gasteiger partial charge in [0.15, 0.2) is 0 Å². The van der Waals surface area contributed by atoms with Gasteiger partial charge in [0, 0.05) is 36.6 Å². The van der Waals surface area contributed by atoms with Crippen molar-refractivity contribution in [3.05, 3.63) is 98.0 Å². The van der Waals surface area contributed by atoms with Crippen molar-refractivity contribution >= 4 is 22.5 Å². The Morgan fingerprint density at radius 2 is 1.84 bits per heavy atom. The van der Waals surface area contributed by atoms with Gasteiger partial charge in [0.2, 0.25) is 5.56 Å². The number of para-hydroxylation sites is 2. The molecule has 1 amide bonds. The summed E-state index contributed by atoms with van der Waals surface area (Å²) in [5.41, 5.74) is 1.69. The largest absolute Gasteiger partial charge is 0.460 e. The third-order valence-electron chi connectivity index (χ3n) is 5.10. The van der Waals surface area contributed by atoms with Gasteiger partial charge in [0.25, 0.3) is 11.6 Å². The van der Waals surface area contributed by atoms with E-state index in [0.29, 0.717) is 22.4 Å². The second kappa shape index (κ2) is 7.91. The van der Waals surface area contributed by atoms with E-state index in [0.717, 1.165) is 10.9 Å². The molecule has 2 aromatic heterocycles. The highest BCUT2D eigenvalue weighted by atomic mass is 16.6. The Kier molecular flexibility index (Phi) is 5.12. The highest BCUT2D eigenvalue weighted by Crippen LogP contribution is 2.33. The molecule has 0 saturated heterocycles. The zero-order valence-electron chi connectivity index (χ0n) is 16.9. The number of carbonyl (C=O) groups is 1. The van der Waals surface area contributed by atoms with Gasteiger partial charge in [-0.25, -0.2) is 0 Å². The average Bonchev–Trinajstić information content (AvgIpc) is 3.14. The number of nitrogens with one attached hydrogen (secondary N) is 1. The minimum Gasteiger partial charge on any atom is -0.460 e. The summed E-state index contributed by atoms with van der Waals surface area (Å²) in [5.74, 6) is 0.305. The van der Waals surface area contributed by atoms with Crippen molar-refractivity contribution < 1.29 is 14.1 Å². The van der Waals surface area contributed by atoms with Crippen molar-refractivity contribution in [1.29, 1.82) is 0 Å². The maximum absolute atomic E-state index is 13.1. The molecule has 4 rings (SSSR count). The molecule has 0 atom stereocenters. The van der Waals surface area contributed by atoms with E-state index in [2.05, 4.69) is 4.98 Å². The minimum atomic E-state index is -0.487. The minimum absolute atomic E-state index is 0.0985. The van der Waals surface area contributed by atoms with E-state index in [1.54, 1.807) is 38.2 Å². The second-order valence-electron chi connectivity index (χ2n) is 7.22. The van der Waals surface area contributed by atoms with E-state index in [4.69, 9.17) is 4.42 Å². The molecule has 0 unspecified atom stereocenters. The summed E-state index contributed by atoms with van der Waals surface area (Å²) < 4.78 is 5.70. The van der Waals surface area contributed by atoms with Crippen molar-refractivity contribution in [1.82, 2.24) is 9.88 Å². The first-order chi connectivity index (χ1) is 14.8. The van der Waals surface area contributed by atoms with Crippen molar-refractivity contribution in [2.75, 3.05) is 7.05 Å². The Hall–Kier alpha value is -4.20. The van der Waals surface area contributed by atoms with Gasteiger partial charge in [-0.2, -0.15) is 0 Å². The molecular formula is C23H19N3O5. The van der Waals surface area contributed by atoms with Gasteiger partial charge < -0.3 is 14.3 Å². The van der Waals surface area contributed by atoms with Gasteiger partial charge in [-0.05, 0) is 30.7 Å². The van der Waals surface area contributed by atoms with Crippen molar-refractivity contribution in [3.63, 3.8) is 0 Å². The van der Waals surface area contributed by atoms with Crippen LogP contribution in [0.5, 0.6) is 0 Å². The first kappa shape index (κ1) is 20.1. The number of hydrogen-bond acceptors (Lipinski definition) is 5. The number of nitrogens with zero attached hydrogens (tertiary/aromatic N) is 2. The quantitative estimate of drug-likeness (QED) is 0.385. The Morgan fingerprint density at radius 3 is 2.61 bits per heavy atom. The molecule has 156 valence electrons. The standard InChI is InChI=1S/C23H19N3O5/c1-14-18(12-21(31-14)17-8-4-6-10-20(17)26(29)30)23(28)25(2)13-15-11-22(27)24-19-9-5-3-7-16(15)19/h3-12H,13H2,1-2H3,(H,24,27). The van der Waals surface area contributed by atoms with E-state index < -0.39 is 4.92 Å². The van der Waals surface area contributed by atoms with E-state index in [9.17, 15) is 19.7 Å². The Morgan fingerprint density at radius 1 is 1.13 bits per heavy atom. The van der Waals surface area contributed by atoms with Crippen molar-refractivity contribution in [2.24, 2.45) is 0 Å². The lowest BCUT2D eigenvalue weighted by Gasteiger charge is -2.18. The number of fused-ring (bicyclic) bond motifs is 1. The molecule has 1 N–H and O–H groups in total. The lowest BCUT2D eigenvalue weighted by Crippen LogP contribution is -2.27. The Bertz CT molecular complexity index is 1370. The van der Waals surface area contributed by atoms with Gasteiger partial charge in [-0.15, -0.1) is 0 Å². The predicted octanol–water partition coefficient (Wildman–Crippen LogP) is 4.28. The monoisotopic (exact) mass is 417 g/mol. The van der Waals surface area contributed by atoms with Gasteiger partial charge in [-0.3, -0.25) is 19.7 Å². The lowest BCUT2D eigenvalue weighted by atomic mass is 10.1. The van der Waals surface area contributed by atoms with Crippen LogP contribution in [0.1, 0.15) is 21.7 Å². The van der Waals surface area contributed by atoms with Crippen LogP contribution in [0.4, 0.5) is 5.69 Å². The van der Waals surface area contributed by atoms with Crippen LogP contribution in [0.2, 0.25) is 0 Å². The van der Waals surface area contributed by atoms with Crippen LogP contribution in [0.25, 0.3) is 22.2 Å². The molecule has 0 spiro atoms. The number of carbonyl (C=O) groups excluding carboxylic acids is 1. The molecule has 2 heterocycles. The van der Waals surface area contributed by atoms with Crippen LogP contribution in [0.3, 0.4) is 0 Å². The average molecular weight is 417 g/mol. The molecule has 0 radical (unpaired) electrons. The zero-order valence-corrected chi connectivity index (χ0v) is 16.9. The topological polar surface area (TPSA) is 109 Å². The molecule has 0 aliphatic heterocycles. The van der Waals surface area contributed by atoms with Crippen LogP contribution in [-0.4, -0.2) is 27.8 Å². The van der Waals surface area contributed by atoms with Crippen LogP contribution >= 0.6 is 0 Å². The first-order valence-electron chi connectivity index (χ1n) is 9.56. The predicted molar refractivity (Wildman–Crippen MR) is 116 cm³/mol. The number of rotatable bonds is 5. The molecule has 8 nitrogen and oxygen atoms in total. The molecule has 8 heteroatoms. The number of aromatic amines is 1.